The van der Waals surface area contributed by atoms with Gasteiger partial charge in [0, 0.05) is 37.7 Å². The Labute approximate surface area is 185 Å². The lowest BCUT2D eigenvalue weighted by Crippen LogP contribution is -2.61. The molecule has 4 aliphatic carbocycles. The van der Waals surface area contributed by atoms with Gasteiger partial charge in [0.05, 0.1) is 0 Å². The molecule has 4 fully saturated rings. The Balaban J connectivity index is 1.23. The van der Waals surface area contributed by atoms with Crippen LogP contribution in [0.4, 0.5) is 18.0 Å². The minimum absolute atomic E-state index is 0.0233. The molecule has 9 heteroatoms. The fraction of sp³-hybridized carbons (Fsp3) is 0.652. The van der Waals surface area contributed by atoms with Crippen LogP contribution in [0, 0.1) is 17.8 Å². The van der Waals surface area contributed by atoms with E-state index in [4.69, 9.17) is 0 Å². The van der Waals surface area contributed by atoms with E-state index in [1.807, 2.05) is 0 Å². The summed E-state index contributed by atoms with van der Waals surface area (Å²) in [6, 6.07) is 5.50. The van der Waals surface area contributed by atoms with Crippen molar-refractivity contribution in [2.24, 2.45) is 17.8 Å². The molecule has 0 saturated heterocycles. The van der Waals surface area contributed by atoms with Crippen LogP contribution < -0.4 is 15.4 Å². The molecular weight excluding hydrogens is 423 g/mol. The van der Waals surface area contributed by atoms with Crippen LogP contribution in [0.25, 0.3) is 0 Å². The van der Waals surface area contributed by atoms with Gasteiger partial charge in [0.1, 0.15) is 5.75 Å². The van der Waals surface area contributed by atoms with E-state index in [-0.39, 0.29) is 48.3 Å². The second-order valence-electron chi connectivity index (χ2n) is 9.73. The lowest BCUT2D eigenvalue weighted by Gasteiger charge is -2.56. The third kappa shape index (κ3) is 5.48. The molecule has 3 amide bonds. The zero-order valence-electron chi connectivity index (χ0n) is 18.2. The third-order valence-electron chi connectivity index (χ3n) is 7.07. The summed E-state index contributed by atoms with van der Waals surface area (Å²) in [6.07, 6.45) is 2.29. The molecule has 4 bridgehead atoms. The number of hydrogen-bond donors (Lipinski definition) is 2. The van der Waals surface area contributed by atoms with Gasteiger partial charge in [0.15, 0.2) is 0 Å². The number of benzene rings is 1. The normalized spacial score (nSPS) is 28.3. The van der Waals surface area contributed by atoms with Crippen molar-refractivity contribution in [3.63, 3.8) is 0 Å². The molecule has 0 aromatic heterocycles. The van der Waals surface area contributed by atoms with E-state index < -0.39 is 6.36 Å². The number of rotatable bonds is 7. The van der Waals surface area contributed by atoms with Gasteiger partial charge in [-0.2, -0.15) is 0 Å². The number of ether oxygens (including phenoxy) is 1. The van der Waals surface area contributed by atoms with Gasteiger partial charge in [0.25, 0.3) is 0 Å². The summed E-state index contributed by atoms with van der Waals surface area (Å²) in [5.41, 5.74) is 0.162. The molecule has 176 valence electrons. The van der Waals surface area contributed by atoms with E-state index in [0.717, 1.165) is 37.0 Å². The van der Waals surface area contributed by atoms with Crippen LogP contribution >= 0.6 is 0 Å². The summed E-state index contributed by atoms with van der Waals surface area (Å²) in [5.74, 6) is 1.57. The Morgan fingerprint density at radius 2 is 1.69 bits per heavy atom. The van der Waals surface area contributed by atoms with E-state index in [2.05, 4.69) is 15.4 Å². The average Bonchev–Trinajstić information content (AvgIpc) is 2.66. The van der Waals surface area contributed by atoms with Crippen LogP contribution in [-0.4, -0.2) is 42.3 Å². The lowest BCUT2D eigenvalue weighted by molar-refractivity contribution is -0.275. The van der Waals surface area contributed by atoms with Crippen molar-refractivity contribution in [1.29, 1.82) is 0 Å². The van der Waals surface area contributed by atoms with Crippen LogP contribution in [0.3, 0.4) is 0 Å². The maximum Gasteiger partial charge on any atom is 0.573 e. The Morgan fingerprint density at radius 1 is 1.09 bits per heavy atom. The van der Waals surface area contributed by atoms with Gasteiger partial charge < -0.3 is 20.3 Å². The first-order valence-corrected chi connectivity index (χ1v) is 11.2. The maximum atomic E-state index is 12.6. The molecule has 6 nitrogen and oxygen atoms in total. The highest BCUT2D eigenvalue weighted by atomic mass is 19.4. The topological polar surface area (TPSA) is 70.7 Å². The van der Waals surface area contributed by atoms with Gasteiger partial charge in [-0.1, -0.05) is 18.2 Å². The minimum atomic E-state index is -4.80. The van der Waals surface area contributed by atoms with Gasteiger partial charge in [0.2, 0.25) is 5.91 Å². The smallest absolute Gasteiger partial charge is 0.405 e. The molecule has 1 aromatic rings. The molecule has 0 spiro atoms. The molecule has 4 saturated carbocycles. The monoisotopic (exact) mass is 453 g/mol. The van der Waals surface area contributed by atoms with Gasteiger partial charge in [-0.25, -0.2) is 4.79 Å². The predicted molar refractivity (Wildman–Crippen MR) is 112 cm³/mol. The van der Waals surface area contributed by atoms with Crippen molar-refractivity contribution in [2.75, 3.05) is 13.6 Å². The molecule has 0 aliphatic heterocycles. The van der Waals surface area contributed by atoms with Crippen LogP contribution in [0.2, 0.25) is 0 Å². The van der Waals surface area contributed by atoms with E-state index in [1.165, 1.54) is 49.4 Å². The van der Waals surface area contributed by atoms with Crippen molar-refractivity contribution < 1.29 is 27.5 Å². The van der Waals surface area contributed by atoms with Crippen LogP contribution in [0.5, 0.6) is 5.75 Å². The Hall–Kier alpha value is -2.45. The molecule has 5 rings (SSSR count). The number of alkyl halides is 3. The van der Waals surface area contributed by atoms with Crippen molar-refractivity contribution in [3.05, 3.63) is 29.8 Å². The number of carbonyl (C=O) groups excluding carboxylic acids is 2. The molecule has 0 unspecified atom stereocenters. The second kappa shape index (κ2) is 8.83. The fourth-order valence-electron chi connectivity index (χ4n) is 6.22. The fourth-order valence-corrected chi connectivity index (χ4v) is 6.22. The first kappa shape index (κ1) is 22.7. The Kier molecular flexibility index (Phi) is 6.27. The highest BCUT2D eigenvalue weighted by Gasteiger charge is 2.51. The van der Waals surface area contributed by atoms with Gasteiger partial charge in [-0.3, -0.25) is 4.79 Å². The van der Waals surface area contributed by atoms with E-state index in [1.54, 1.807) is 6.07 Å². The molecule has 0 atom stereocenters. The molecule has 32 heavy (non-hydrogen) atoms. The molecular formula is C23H30F3N3O3. The summed E-state index contributed by atoms with van der Waals surface area (Å²) in [5, 5.41) is 5.98. The molecule has 0 radical (unpaired) electrons. The number of para-hydroxylation sites is 1. The summed E-state index contributed by atoms with van der Waals surface area (Å²) in [4.78, 5) is 26.2. The van der Waals surface area contributed by atoms with Gasteiger partial charge in [-0.15, -0.1) is 13.2 Å². The average molecular weight is 454 g/mol. The summed E-state index contributed by atoms with van der Waals surface area (Å²) >= 11 is 0. The van der Waals surface area contributed by atoms with Gasteiger partial charge >= 0.3 is 12.4 Å². The SMILES string of the molecule is CN(Cc1ccccc1OC(F)(F)F)C(=O)CCNC(=O)NC12CC3CC(CC(C3)C1)C2. The summed E-state index contributed by atoms with van der Waals surface area (Å²) in [6.45, 7) is 0.145. The Bertz CT molecular complexity index is 823. The zero-order valence-corrected chi connectivity index (χ0v) is 18.2. The van der Waals surface area contributed by atoms with Gasteiger partial charge in [-0.05, 0) is 62.3 Å². The second-order valence-corrected chi connectivity index (χ2v) is 9.73. The summed E-state index contributed by atoms with van der Waals surface area (Å²) < 4.78 is 41.8. The maximum absolute atomic E-state index is 12.6. The number of urea groups is 1. The quantitative estimate of drug-likeness (QED) is 0.650. The molecule has 1 aromatic carbocycles. The minimum Gasteiger partial charge on any atom is -0.405 e. The van der Waals surface area contributed by atoms with Crippen LogP contribution in [0.1, 0.15) is 50.5 Å². The number of hydrogen-bond acceptors (Lipinski definition) is 3. The zero-order chi connectivity index (χ0) is 22.9. The van der Waals surface area contributed by atoms with Crippen molar-refractivity contribution in [2.45, 2.75) is 63.4 Å². The van der Waals surface area contributed by atoms with E-state index >= 15 is 0 Å². The number of carbonyl (C=O) groups is 2. The third-order valence-corrected chi connectivity index (χ3v) is 7.07. The van der Waals surface area contributed by atoms with E-state index in [0.29, 0.717) is 0 Å². The number of amides is 3. The highest BCUT2D eigenvalue weighted by Crippen LogP contribution is 2.55. The standard InChI is InChI=1S/C23H30F3N3O3/c1-29(14-18-4-2-3-5-19(18)32-23(24,25)26)20(30)6-7-27-21(31)28-22-11-15-8-16(12-22)10-17(9-15)13-22/h2-5,15-17H,6-14H2,1H3,(H2,27,28,31). The molecule has 4 aliphatic rings. The lowest BCUT2D eigenvalue weighted by atomic mass is 9.53. The van der Waals surface area contributed by atoms with Crippen LogP contribution in [0.15, 0.2) is 24.3 Å². The van der Waals surface area contributed by atoms with Crippen LogP contribution in [-0.2, 0) is 11.3 Å². The van der Waals surface area contributed by atoms with Crippen molar-refractivity contribution >= 4 is 11.9 Å². The van der Waals surface area contributed by atoms with Crippen molar-refractivity contribution in [1.82, 2.24) is 15.5 Å². The highest BCUT2D eigenvalue weighted by molar-refractivity contribution is 5.78. The number of nitrogens with one attached hydrogen (secondary N) is 2. The largest absolute Gasteiger partial charge is 0.573 e. The molecule has 2 N–H and O–H groups in total. The number of halogens is 3. The summed E-state index contributed by atoms with van der Waals surface area (Å²) in [7, 11) is 1.52. The Morgan fingerprint density at radius 3 is 2.28 bits per heavy atom. The number of nitrogens with zero attached hydrogens (tertiary/aromatic N) is 1. The van der Waals surface area contributed by atoms with Crippen molar-refractivity contribution in [3.8, 4) is 5.75 Å². The predicted octanol–water partition coefficient (Wildman–Crippen LogP) is 4.20. The van der Waals surface area contributed by atoms with E-state index in [9.17, 15) is 22.8 Å². The molecule has 0 heterocycles. The first-order chi connectivity index (χ1) is 15.1. The first-order valence-electron chi connectivity index (χ1n) is 11.2.